The van der Waals surface area contributed by atoms with Crippen LogP contribution in [-0.2, 0) is 4.57 Å². The molecule has 9 heteroatoms. The maximum Gasteiger partial charge on any atom is 0.433 e. The molecule has 0 saturated heterocycles. The first kappa shape index (κ1) is 15.1. The van der Waals surface area contributed by atoms with Crippen molar-refractivity contribution in [3.05, 3.63) is 45.7 Å². The molecule has 0 amide bonds. The van der Waals surface area contributed by atoms with Crippen molar-refractivity contribution in [3.63, 3.8) is 0 Å². The van der Waals surface area contributed by atoms with E-state index in [9.17, 15) is 19.9 Å². The third-order valence-corrected chi connectivity index (χ3v) is 3.21. The van der Waals surface area contributed by atoms with E-state index in [2.05, 4.69) is 4.88 Å². The zero-order valence-electron chi connectivity index (χ0n) is 10.7. The molecule has 0 radical (unpaired) electrons. The van der Waals surface area contributed by atoms with Crippen molar-refractivity contribution in [1.82, 2.24) is 0 Å². The van der Waals surface area contributed by atoms with Crippen LogP contribution in [0.4, 0.5) is 0 Å². The summed E-state index contributed by atoms with van der Waals surface area (Å²) in [6, 6.07) is 8.13. The maximum absolute atomic E-state index is 12.0. The summed E-state index contributed by atoms with van der Waals surface area (Å²) in [6.07, 6.45) is 0. The van der Waals surface area contributed by atoms with Gasteiger partial charge in [0.1, 0.15) is 5.75 Å². The number of rotatable bonds is 5. The van der Waals surface area contributed by atoms with E-state index in [1.54, 1.807) is 30.3 Å². The van der Waals surface area contributed by atoms with Crippen LogP contribution in [0.25, 0.3) is 0 Å². The molecule has 1 unspecified atom stereocenters. The lowest BCUT2D eigenvalue weighted by Crippen LogP contribution is -2.40. The average molecular weight is 287 g/mol. The van der Waals surface area contributed by atoms with E-state index in [4.69, 9.17) is 4.52 Å². The number of hydrogen-bond acceptors (Lipinski definition) is 5. The Balaban J connectivity index is 2.96. The predicted octanol–water partition coefficient (Wildman–Crippen LogP) is 2.86. The molecule has 0 spiro atoms. The number of nitrogens with zero attached hydrogens (tertiary/aromatic N) is 3. The Morgan fingerprint density at radius 2 is 1.79 bits per heavy atom. The van der Waals surface area contributed by atoms with Crippen molar-refractivity contribution in [1.29, 1.82) is 0 Å². The van der Waals surface area contributed by atoms with Crippen molar-refractivity contribution in [2.75, 3.05) is 6.66 Å². The summed E-state index contributed by atoms with van der Waals surface area (Å²) in [5.74, 6) is 0.268. The lowest BCUT2D eigenvalue weighted by molar-refractivity contribution is -0.803. The summed E-state index contributed by atoms with van der Waals surface area (Å²) in [5.41, 5.74) is -2.01. The zero-order chi connectivity index (χ0) is 14.7. The predicted molar refractivity (Wildman–Crippen MR) is 67.7 cm³/mol. The second kappa shape index (κ2) is 5.36. The molecule has 8 nitrogen and oxygen atoms in total. The molecular weight excluding hydrogens is 273 g/mol. The third kappa shape index (κ3) is 4.03. The largest absolute Gasteiger partial charge is 0.594 e. The van der Waals surface area contributed by atoms with Gasteiger partial charge < -0.3 is 9.73 Å². The molecule has 0 aliphatic rings. The minimum absolute atomic E-state index is 0.198. The van der Waals surface area contributed by atoms with Crippen LogP contribution >= 0.6 is 7.52 Å². The van der Waals surface area contributed by atoms with E-state index < -0.39 is 18.1 Å². The number of para-hydroxylation sites is 1. The molecule has 1 aromatic carbocycles. The highest BCUT2D eigenvalue weighted by Crippen LogP contribution is 2.45. The van der Waals surface area contributed by atoms with Crippen molar-refractivity contribution in [2.45, 2.75) is 19.5 Å². The highest BCUT2D eigenvalue weighted by molar-refractivity contribution is 7.56. The molecular formula is C10H14N3O5P. The number of benzene rings is 1. The Morgan fingerprint density at radius 1 is 1.26 bits per heavy atom. The number of nitro groups is 1. The molecule has 19 heavy (non-hydrogen) atoms. The molecule has 0 aromatic heterocycles. The summed E-state index contributed by atoms with van der Waals surface area (Å²) in [7, 11) is -3.67. The van der Waals surface area contributed by atoms with Gasteiger partial charge in [0.05, 0.1) is 30.3 Å². The third-order valence-electron chi connectivity index (χ3n) is 2.18. The minimum Gasteiger partial charge on any atom is -0.594 e. The van der Waals surface area contributed by atoms with E-state index in [1.165, 1.54) is 0 Å². The molecule has 0 saturated carbocycles. The molecule has 0 fully saturated rings. The molecule has 0 N–H and O–H groups in total. The first-order valence-electron chi connectivity index (χ1n) is 5.32. The normalized spacial score (nSPS) is 15.6. The van der Waals surface area contributed by atoms with E-state index >= 15 is 0 Å². The fourth-order valence-electron chi connectivity index (χ4n) is 1.02. The molecule has 1 aromatic rings. The van der Waals surface area contributed by atoms with Crippen LogP contribution in [0.15, 0.2) is 35.2 Å². The average Bonchev–Trinajstić information content (AvgIpc) is 2.28. The molecule has 0 aliphatic carbocycles. The summed E-state index contributed by atoms with van der Waals surface area (Å²) < 4.78 is 17.1. The summed E-state index contributed by atoms with van der Waals surface area (Å²) in [4.78, 5) is 12.9. The Labute approximate surface area is 109 Å². The second-order valence-electron chi connectivity index (χ2n) is 4.32. The van der Waals surface area contributed by atoms with E-state index in [0.717, 1.165) is 20.5 Å². The summed E-state index contributed by atoms with van der Waals surface area (Å²) in [6.45, 7) is 3.24. The number of hydroxylamine groups is 1. The lowest BCUT2D eigenvalue weighted by atomic mass is 10.3. The van der Waals surface area contributed by atoms with Crippen molar-refractivity contribution in [3.8, 4) is 5.75 Å². The van der Waals surface area contributed by atoms with E-state index in [1.807, 2.05) is 0 Å². The van der Waals surface area contributed by atoms with Gasteiger partial charge in [-0.25, -0.2) is 4.57 Å². The van der Waals surface area contributed by atoms with Crippen molar-refractivity contribution < 1.29 is 18.9 Å². The Morgan fingerprint density at radius 3 is 2.26 bits per heavy atom. The van der Waals surface area contributed by atoms with Crippen LogP contribution in [0, 0.1) is 15.3 Å². The van der Waals surface area contributed by atoms with Gasteiger partial charge in [-0.15, -0.1) is 0 Å². The molecule has 0 bridgehead atoms. The first-order chi connectivity index (χ1) is 8.65. The van der Waals surface area contributed by atoms with Crippen LogP contribution in [0.5, 0.6) is 5.75 Å². The van der Waals surface area contributed by atoms with Gasteiger partial charge >= 0.3 is 13.2 Å². The standard InChI is InChI=1S/C10H14N3O5P/c1-10(2,13(15)16)12(14)11-19(3,17)18-9-7-5-4-6-8-9/h4-8H,1-3H3/b12-11-. The summed E-state index contributed by atoms with van der Waals surface area (Å²) in [5, 5.41) is 22.2. The highest BCUT2D eigenvalue weighted by atomic mass is 31.2. The van der Waals surface area contributed by atoms with Gasteiger partial charge in [0.25, 0.3) is 0 Å². The van der Waals surface area contributed by atoms with Crippen molar-refractivity contribution in [2.24, 2.45) is 4.88 Å². The quantitative estimate of drug-likeness (QED) is 0.206. The first-order valence-corrected chi connectivity index (χ1v) is 7.35. The van der Waals surface area contributed by atoms with Crippen LogP contribution in [-0.4, -0.2) is 22.1 Å². The maximum atomic E-state index is 12.0. The van der Waals surface area contributed by atoms with Gasteiger partial charge in [-0.2, -0.15) is 0 Å². The van der Waals surface area contributed by atoms with Gasteiger partial charge in [0, 0.05) is 0 Å². The molecule has 0 heterocycles. The van der Waals surface area contributed by atoms with Crippen LogP contribution < -0.4 is 4.52 Å². The van der Waals surface area contributed by atoms with Crippen LogP contribution in [0.2, 0.25) is 0 Å². The fourth-order valence-corrected chi connectivity index (χ4v) is 2.09. The van der Waals surface area contributed by atoms with Gasteiger partial charge in [-0.1, -0.05) is 18.2 Å². The van der Waals surface area contributed by atoms with Gasteiger partial charge in [0.2, 0.25) is 0 Å². The monoisotopic (exact) mass is 287 g/mol. The van der Waals surface area contributed by atoms with Crippen LogP contribution in [0.1, 0.15) is 13.8 Å². The van der Waals surface area contributed by atoms with E-state index in [-0.39, 0.29) is 10.6 Å². The SMILES string of the molecule is CC(C)([N+](=O)[O-])/[N+]([O-])=N/P(C)(=O)Oc1ccccc1. The Bertz CT molecular complexity index is 543. The topological polar surface area (TPSA) is 108 Å². The highest BCUT2D eigenvalue weighted by Gasteiger charge is 2.43. The molecule has 1 rings (SSSR count). The smallest absolute Gasteiger partial charge is 0.433 e. The Kier molecular flexibility index (Phi) is 4.26. The van der Waals surface area contributed by atoms with Gasteiger partial charge in [0.15, 0.2) is 0 Å². The van der Waals surface area contributed by atoms with E-state index in [0.29, 0.717) is 0 Å². The van der Waals surface area contributed by atoms with Crippen molar-refractivity contribution >= 4 is 7.52 Å². The molecule has 1 atom stereocenters. The zero-order valence-corrected chi connectivity index (χ0v) is 11.6. The molecule has 104 valence electrons. The minimum atomic E-state index is -3.67. The van der Waals surface area contributed by atoms with Gasteiger partial charge in [-0.05, 0) is 17.0 Å². The second-order valence-corrected chi connectivity index (χ2v) is 6.29. The lowest BCUT2D eigenvalue weighted by Gasteiger charge is -2.14. The van der Waals surface area contributed by atoms with Crippen LogP contribution in [0.3, 0.4) is 0 Å². The summed E-state index contributed by atoms with van der Waals surface area (Å²) >= 11 is 0. The fraction of sp³-hybridized carbons (Fsp3) is 0.400. The molecule has 0 aliphatic heterocycles. The van der Waals surface area contributed by atoms with Gasteiger partial charge in [-0.3, -0.25) is 10.1 Å². The Hall–Kier alpha value is -1.95. The number of hydrogen-bond donors (Lipinski definition) is 0.